The minimum absolute atomic E-state index is 0.0770. The average molecular weight is 310 g/mol. The van der Waals surface area contributed by atoms with E-state index in [2.05, 4.69) is 5.32 Å². The molecule has 21 heavy (non-hydrogen) atoms. The van der Waals surface area contributed by atoms with Gasteiger partial charge in [-0.1, -0.05) is 12.1 Å². The van der Waals surface area contributed by atoms with Crippen LogP contribution < -0.4 is 5.32 Å². The maximum atomic E-state index is 11.6. The summed E-state index contributed by atoms with van der Waals surface area (Å²) in [6.45, 7) is 0. The molecule has 1 amide bonds. The summed E-state index contributed by atoms with van der Waals surface area (Å²) in [5.74, 6) is 0.605. The van der Waals surface area contributed by atoms with Crippen molar-refractivity contribution in [2.75, 3.05) is 30.9 Å². The van der Waals surface area contributed by atoms with Crippen molar-refractivity contribution in [1.82, 2.24) is 4.90 Å². The van der Waals surface area contributed by atoms with Gasteiger partial charge in [0.1, 0.15) is 9.84 Å². The highest BCUT2D eigenvalue weighted by molar-refractivity contribution is 7.91. The second-order valence-corrected chi connectivity index (χ2v) is 8.04. The second-order valence-electron chi connectivity index (χ2n) is 5.73. The highest BCUT2D eigenvalue weighted by atomic mass is 32.2. The molecule has 0 aromatic heterocycles. The molecule has 1 saturated heterocycles. The Morgan fingerprint density at radius 1 is 1.19 bits per heavy atom. The third-order valence-corrected chi connectivity index (χ3v) is 5.45. The molecule has 2 rings (SSSR count). The van der Waals surface area contributed by atoms with Crippen molar-refractivity contribution < 1.29 is 13.2 Å². The lowest BCUT2D eigenvalue weighted by Crippen LogP contribution is -2.32. The summed E-state index contributed by atoms with van der Waals surface area (Å²) in [6.07, 6.45) is 1.71. The Morgan fingerprint density at radius 2 is 1.76 bits per heavy atom. The number of carbonyl (C=O) groups is 1. The van der Waals surface area contributed by atoms with E-state index in [1.807, 2.05) is 24.3 Å². The minimum atomic E-state index is -2.82. The fourth-order valence-electron chi connectivity index (χ4n) is 2.32. The summed E-state index contributed by atoms with van der Waals surface area (Å²) in [4.78, 5) is 13.2. The van der Waals surface area contributed by atoms with Crippen molar-refractivity contribution in [3.8, 4) is 0 Å². The van der Waals surface area contributed by atoms with Crippen molar-refractivity contribution in [2.24, 2.45) is 0 Å². The maximum absolute atomic E-state index is 11.6. The number of sulfone groups is 1. The van der Waals surface area contributed by atoms with Gasteiger partial charge in [-0.2, -0.15) is 0 Å². The molecule has 1 aliphatic heterocycles. The molecule has 1 aromatic carbocycles. The molecule has 1 heterocycles. The molecule has 0 aliphatic carbocycles. The standard InChI is InChI=1S/C15H22N2O3S/c1-17(2)15(18)11-12-3-5-13(6-4-12)16-14-7-9-21(19,20)10-8-14/h3-6,14,16H,7-11H2,1-2H3. The summed E-state index contributed by atoms with van der Waals surface area (Å²) in [5, 5.41) is 3.36. The summed E-state index contributed by atoms with van der Waals surface area (Å²) in [6, 6.07) is 7.97. The van der Waals surface area contributed by atoms with E-state index < -0.39 is 9.84 Å². The summed E-state index contributed by atoms with van der Waals surface area (Å²) >= 11 is 0. The number of anilines is 1. The van der Waals surface area contributed by atoms with Gasteiger partial charge in [-0.15, -0.1) is 0 Å². The van der Waals surface area contributed by atoms with Crippen molar-refractivity contribution >= 4 is 21.4 Å². The Hall–Kier alpha value is -1.56. The number of nitrogens with zero attached hydrogens (tertiary/aromatic N) is 1. The number of benzene rings is 1. The summed E-state index contributed by atoms with van der Waals surface area (Å²) in [5.41, 5.74) is 1.95. The van der Waals surface area contributed by atoms with Gasteiger partial charge in [0.2, 0.25) is 5.91 Å². The van der Waals surface area contributed by atoms with Crippen LogP contribution >= 0.6 is 0 Å². The zero-order chi connectivity index (χ0) is 15.5. The van der Waals surface area contributed by atoms with Gasteiger partial charge >= 0.3 is 0 Å². The third-order valence-electron chi connectivity index (χ3n) is 3.73. The van der Waals surface area contributed by atoms with Gasteiger partial charge < -0.3 is 10.2 Å². The van der Waals surface area contributed by atoms with Crippen LogP contribution in [0.4, 0.5) is 5.69 Å². The Labute approximate surface area is 126 Å². The molecular formula is C15H22N2O3S. The predicted octanol–water partition coefficient (Wildman–Crippen LogP) is 1.31. The van der Waals surface area contributed by atoms with Gasteiger partial charge in [-0.25, -0.2) is 8.42 Å². The van der Waals surface area contributed by atoms with Crippen LogP contribution in [0.15, 0.2) is 24.3 Å². The van der Waals surface area contributed by atoms with E-state index in [9.17, 15) is 13.2 Å². The van der Waals surface area contributed by atoms with E-state index in [1.165, 1.54) is 0 Å². The number of hydrogen-bond acceptors (Lipinski definition) is 4. The van der Waals surface area contributed by atoms with Crippen molar-refractivity contribution in [3.63, 3.8) is 0 Å². The van der Waals surface area contributed by atoms with Crippen LogP contribution in [0.2, 0.25) is 0 Å². The lowest BCUT2D eigenvalue weighted by Gasteiger charge is -2.24. The molecule has 1 fully saturated rings. The van der Waals surface area contributed by atoms with E-state index >= 15 is 0 Å². The van der Waals surface area contributed by atoms with Crippen LogP contribution in [-0.4, -0.2) is 50.9 Å². The van der Waals surface area contributed by atoms with Crippen LogP contribution in [0.3, 0.4) is 0 Å². The van der Waals surface area contributed by atoms with E-state index in [0.29, 0.717) is 19.3 Å². The highest BCUT2D eigenvalue weighted by Gasteiger charge is 2.23. The molecule has 5 nitrogen and oxygen atoms in total. The molecule has 1 aromatic rings. The van der Waals surface area contributed by atoms with Crippen LogP contribution in [0.5, 0.6) is 0 Å². The van der Waals surface area contributed by atoms with Crippen LogP contribution in [0.25, 0.3) is 0 Å². The van der Waals surface area contributed by atoms with Gasteiger partial charge in [0, 0.05) is 25.8 Å². The molecule has 0 unspecified atom stereocenters. The number of hydrogen-bond donors (Lipinski definition) is 1. The zero-order valence-corrected chi connectivity index (χ0v) is 13.3. The van der Waals surface area contributed by atoms with Crippen LogP contribution in [-0.2, 0) is 21.1 Å². The molecule has 1 N–H and O–H groups in total. The summed E-state index contributed by atoms with van der Waals surface area (Å²) in [7, 11) is 0.672. The molecular weight excluding hydrogens is 288 g/mol. The van der Waals surface area contributed by atoms with E-state index in [0.717, 1.165) is 11.3 Å². The van der Waals surface area contributed by atoms with Crippen molar-refractivity contribution in [2.45, 2.75) is 25.3 Å². The van der Waals surface area contributed by atoms with Gasteiger partial charge in [0.15, 0.2) is 0 Å². The fraction of sp³-hybridized carbons (Fsp3) is 0.533. The van der Waals surface area contributed by atoms with E-state index in [1.54, 1.807) is 19.0 Å². The van der Waals surface area contributed by atoms with Gasteiger partial charge in [0.05, 0.1) is 17.9 Å². The third kappa shape index (κ3) is 4.74. The fourth-order valence-corrected chi connectivity index (χ4v) is 3.81. The number of carbonyl (C=O) groups excluding carboxylic acids is 1. The SMILES string of the molecule is CN(C)C(=O)Cc1ccc(NC2CCS(=O)(=O)CC2)cc1. The van der Waals surface area contributed by atoms with Gasteiger partial charge in [-0.05, 0) is 30.5 Å². The quantitative estimate of drug-likeness (QED) is 0.910. The number of rotatable bonds is 4. The lowest BCUT2D eigenvalue weighted by atomic mass is 10.1. The molecule has 0 spiro atoms. The normalized spacial score (nSPS) is 18.2. The van der Waals surface area contributed by atoms with Crippen molar-refractivity contribution in [1.29, 1.82) is 0 Å². The van der Waals surface area contributed by atoms with Crippen LogP contribution in [0.1, 0.15) is 18.4 Å². The summed E-state index contributed by atoms with van der Waals surface area (Å²) < 4.78 is 22.8. The van der Waals surface area contributed by atoms with Gasteiger partial charge in [-0.3, -0.25) is 4.79 Å². The van der Waals surface area contributed by atoms with E-state index in [4.69, 9.17) is 0 Å². The maximum Gasteiger partial charge on any atom is 0.226 e. The highest BCUT2D eigenvalue weighted by Crippen LogP contribution is 2.18. The first-order chi connectivity index (χ1) is 9.85. The molecule has 0 radical (unpaired) electrons. The minimum Gasteiger partial charge on any atom is -0.382 e. The molecule has 0 saturated carbocycles. The number of amides is 1. The number of nitrogens with one attached hydrogen (secondary N) is 1. The molecule has 1 aliphatic rings. The Bertz CT molecular complexity index is 580. The molecule has 0 atom stereocenters. The smallest absolute Gasteiger partial charge is 0.226 e. The first kappa shape index (κ1) is 15.8. The van der Waals surface area contributed by atoms with Crippen LogP contribution in [0, 0.1) is 0 Å². The monoisotopic (exact) mass is 310 g/mol. The van der Waals surface area contributed by atoms with Crippen molar-refractivity contribution in [3.05, 3.63) is 29.8 Å². The topological polar surface area (TPSA) is 66.5 Å². The predicted molar refractivity (Wildman–Crippen MR) is 84.1 cm³/mol. The second kappa shape index (κ2) is 6.47. The molecule has 116 valence electrons. The Kier molecular flexibility index (Phi) is 4.88. The lowest BCUT2D eigenvalue weighted by molar-refractivity contribution is -0.127. The first-order valence-electron chi connectivity index (χ1n) is 7.12. The van der Waals surface area contributed by atoms with Gasteiger partial charge in [0.25, 0.3) is 0 Å². The average Bonchev–Trinajstić information content (AvgIpc) is 2.43. The Balaban J connectivity index is 1.89. The van der Waals surface area contributed by atoms with E-state index in [-0.39, 0.29) is 23.5 Å². The number of likely N-dealkylation sites (N-methyl/N-ethyl adjacent to an activating group) is 1. The first-order valence-corrected chi connectivity index (χ1v) is 8.94. The Morgan fingerprint density at radius 3 is 2.29 bits per heavy atom. The largest absolute Gasteiger partial charge is 0.382 e. The molecule has 6 heteroatoms. The molecule has 0 bridgehead atoms. The zero-order valence-electron chi connectivity index (χ0n) is 12.5.